The SMILES string of the molecule is O=C1NCCN(Cc2ncc(-c3ccccc3)o2)[C@@H]1c1cccs1. The third-order valence-corrected chi connectivity index (χ3v) is 5.00. The molecule has 1 fully saturated rings. The number of hydrogen-bond donors (Lipinski definition) is 1. The maximum Gasteiger partial charge on any atom is 0.242 e. The van der Waals surface area contributed by atoms with E-state index in [1.165, 1.54) is 0 Å². The van der Waals surface area contributed by atoms with E-state index >= 15 is 0 Å². The van der Waals surface area contributed by atoms with Gasteiger partial charge in [0.2, 0.25) is 11.8 Å². The van der Waals surface area contributed by atoms with Crippen LogP contribution in [0.25, 0.3) is 11.3 Å². The summed E-state index contributed by atoms with van der Waals surface area (Å²) < 4.78 is 5.89. The number of aromatic nitrogens is 1. The van der Waals surface area contributed by atoms with Gasteiger partial charge in [0.1, 0.15) is 6.04 Å². The lowest BCUT2D eigenvalue weighted by atomic mass is 10.1. The van der Waals surface area contributed by atoms with E-state index in [9.17, 15) is 4.79 Å². The molecule has 6 heteroatoms. The number of oxazole rings is 1. The quantitative estimate of drug-likeness (QED) is 0.794. The van der Waals surface area contributed by atoms with Crippen LogP contribution >= 0.6 is 11.3 Å². The average Bonchev–Trinajstić information content (AvgIpc) is 3.28. The lowest BCUT2D eigenvalue weighted by molar-refractivity contribution is -0.129. The van der Waals surface area contributed by atoms with Crippen molar-refractivity contribution in [3.8, 4) is 11.3 Å². The highest BCUT2D eigenvalue weighted by Crippen LogP contribution is 2.29. The Kier molecular flexibility index (Phi) is 4.15. The minimum atomic E-state index is -0.272. The van der Waals surface area contributed by atoms with E-state index < -0.39 is 0 Å². The second-order valence-electron chi connectivity index (χ2n) is 5.66. The molecule has 1 N–H and O–H groups in total. The van der Waals surface area contributed by atoms with Crippen LogP contribution in [0.5, 0.6) is 0 Å². The number of hydrogen-bond acceptors (Lipinski definition) is 5. The zero-order valence-electron chi connectivity index (χ0n) is 13.0. The molecule has 1 amide bonds. The zero-order chi connectivity index (χ0) is 16.4. The predicted molar refractivity (Wildman–Crippen MR) is 92.4 cm³/mol. The second-order valence-corrected chi connectivity index (χ2v) is 6.64. The smallest absolute Gasteiger partial charge is 0.242 e. The first-order valence-corrected chi connectivity index (χ1v) is 8.74. The average molecular weight is 339 g/mol. The van der Waals surface area contributed by atoms with Crippen molar-refractivity contribution in [1.82, 2.24) is 15.2 Å². The molecule has 122 valence electrons. The van der Waals surface area contributed by atoms with Gasteiger partial charge in [0.15, 0.2) is 5.76 Å². The molecular weight excluding hydrogens is 322 g/mol. The Balaban J connectivity index is 1.55. The number of carbonyl (C=O) groups excluding carboxylic acids is 1. The van der Waals surface area contributed by atoms with E-state index in [-0.39, 0.29) is 11.9 Å². The molecule has 0 radical (unpaired) electrons. The number of nitrogens with zero attached hydrogens (tertiary/aromatic N) is 2. The highest BCUT2D eigenvalue weighted by atomic mass is 32.1. The monoisotopic (exact) mass is 339 g/mol. The van der Waals surface area contributed by atoms with Gasteiger partial charge in [0.25, 0.3) is 0 Å². The molecule has 3 heterocycles. The number of benzene rings is 1. The minimum absolute atomic E-state index is 0.0403. The molecule has 4 rings (SSSR count). The Morgan fingerprint density at radius 1 is 1.25 bits per heavy atom. The molecule has 5 nitrogen and oxygen atoms in total. The Bertz CT molecular complexity index is 814. The van der Waals surface area contributed by atoms with Crippen LogP contribution in [0, 0.1) is 0 Å². The summed E-state index contributed by atoms with van der Waals surface area (Å²) in [5, 5.41) is 4.94. The normalized spacial score (nSPS) is 18.5. The van der Waals surface area contributed by atoms with Crippen LogP contribution in [0.1, 0.15) is 16.8 Å². The molecule has 1 atom stereocenters. The fourth-order valence-corrected chi connectivity index (χ4v) is 3.79. The summed E-state index contributed by atoms with van der Waals surface area (Å²) in [5.41, 5.74) is 1.00. The number of thiophene rings is 1. The molecule has 0 saturated carbocycles. The fourth-order valence-electron chi connectivity index (χ4n) is 2.93. The van der Waals surface area contributed by atoms with Gasteiger partial charge in [0, 0.05) is 23.5 Å². The van der Waals surface area contributed by atoms with Gasteiger partial charge >= 0.3 is 0 Å². The molecular formula is C18H17N3O2S. The first-order chi connectivity index (χ1) is 11.8. The van der Waals surface area contributed by atoms with Crippen molar-refractivity contribution in [2.75, 3.05) is 13.1 Å². The molecule has 24 heavy (non-hydrogen) atoms. The van der Waals surface area contributed by atoms with Crippen LogP contribution in [-0.4, -0.2) is 28.9 Å². The molecule has 1 aliphatic rings. The van der Waals surface area contributed by atoms with Crippen LogP contribution in [0.15, 0.2) is 58.5 Å². The molecule has 2 aromatic heterocycles. The highest BCUT2D eigenvalue weighted by Gasteiger charge is 2.32. The first kappa shape index (κ1) is 15.1. The fraction of sp³-hybridized carbons (Fsp3) is 0.222. The van der Waals surface area contributed by atoms with Gasteiger partial charge in [-0.2, -0.15) is 0 Å². The molecule has 0 bridgehead atoms. The van der Waals surface area contributed by atoms with E-state index in [1.807, 2.05) is 47.8 Å². The predicted octanol–water partition coefficient (Wildman–Crippen LogP) is 3.08. The lowest BCUT2D eigenvalue weighted by Crippen LogP contribution is -2.49. The Morgan fingerprint density at radius 2 is 2.12 bits per heavy atom. The summed E-state index contributed by atoms with van der Waals surface area (Å²) >= 11 is 1.60. The molecule has 1 aromatic carbocycles. The topological polar surface area (TPSA) is 58.4 Å². The molecule has 0 unspecified atom stereocenters. The van der Waals surface area contributed by atoms with E-state index in [0.717, 1.165) is 22.7 Å². The van der Waals surface area contributed by atoms with Crippen molar-refractivity contribution in [3.63, 3.8) is 0 Å². The summed E-state index contributed by atoms with van der Waals surface area (Å²) in [6.07, 6.45) is 1.74. The molecule has 3 aromatic rings. The maximum atomic E-state index is 12.3. The zero-order valence-corrected chi connectivity index (χ0v) is 13.8. The van der Waals surface area contributed by atoms with Gasteiger partial charge in [0.05, 0.1) is 12.7 Å². The Hall–Kier alpha value is -2.44. The van der Waals surface area contributed by atoms with Crippen LogP contribution in [0.3, 0.4) is 0 Å². The molecule has 1 saturated heterocycles. The molecule has 0 aliphatic carbocycles. The van der Waals surface area contributed by atoms with Crippen LogP contribution < -0.4 is 5.32 Å². The van der Waals surface area contributed by atoms with Crippen molar-refractivity contribution in [1.29, 1.82) is 0 Å². The first-order valence-electron chi connectivity index (χ1n) is 7.86. The van der Waals surface area contributed by atoms with E-state index in [4.69, 9.17) is 4.42 Å². The van der Waals surface area contributed by atoms with Crippen molar-refractivity contribution in [2.45, 2.75) is 12.6 Å². The molecule has 0 spiro atoms. The van der Waals surface area contributed by atoms with Gasteiger partial charge in [-0.3, -0.25) is 9.69 Å². The molecule has 1 aliphatic heterocycles. The summed E-state index contributed by atoms with van der Waals surface area (Å²) in [6.45, 7) is 1.94. The van der Waals surface area contributed by atoms with E-state index in [2.05, 4.69) is 15.2 Å². The van der Waals surface area contributed by atoms with Crippen LogP contribution in [-0.2, 0) is 11.3 Å². The van der Waals surface area contributed by atoms with Crippen molar-refractivity contribution in [2.24, 2.45) is 0 Å². The van der Waals surface area contributed by atoms with Gasteiger partial charge in [-0.1, -0.05) is 36.4 Å². The van der Waals surface area contributed by atoms with Gasteiger partial charge in [-0.25, -0.2) is 4.98 Å². The minimum Gasteiger partial charge on any atom is -0.439 e. The standard InChI is InChI=1S/C18H17N3O2S/c22-18-17(15-7-4-10-24-15)21(9-8-19-18)12-16-20-11-14(23-16)13-5-2-1-3-6-13/h1-7,10-11,17H,8-9,12H2,(H,19,22)/t17-/m1/s1. The summed E-state index contributed by atoms with van der Waals surface area (Å²) in [5.74, 6) is 1.42. The number of amides is 1. The highest BCUT2D eigenvalue weighted by molar-refractivity contribution is 7.10. The third kappa shape index (κ3) is 2.98. The van der Waals surface area contributed by atoms with Gasteiger partial charge in [-0.15, -0.1) is 11.3 Å². The Labute approximate surface area is 143 Å². The number of rotatable bonds is 4. The third-order valence-electron chi connectivity index (χ3n) is 4.07. The number of piperazine rings is 1. The van der Waals surface area contributed by atoms with E-state index in [1.54, 1.807) is 17.5 Å². The second kappa shape index (κ2) is 6.59. The van der Waals surface area contributed by atoms with Gasteiger partial charge in [-0.05, 0) is 11.4 Å². The summed E-state index contributed by atoms with van der Waals surface area (Å²) in [4.78, 5) is 19.9. The van der Waals surface area contributed by atoms with E-state index in [0.29, 0.717) is 19.0 Å². The maximum absolute atomic E-state index is 12.3. The number of nitrogens with one attached hydrogen (secondary N) is 1. The summed E-state index contributed by atoms with van der Waals surface area (Å²) in [7, 11) is 0. The number of carbonyl (C=O) groups is 1. The van der Waals surface area contributed by atoms with Crippen molar-refractivity contribution in [3.05, 3.63) is 64.8 Å². The van der Waals surface area contributed by atoms with Gasteiger partial charge < -0.3 is 9.73 Å². The summed E-state index contributed by atoms with van der Waals surface area (Å²) in [6, 6.07) is 13.6. The van der Waals surface area contributed by atoms with Crippen molar-refractivity contribution < 1.29 is 9.21 Å². The van der Waals surface area contributed by atoms with Crippen LogP contribution in [0.4, 0.5) is 0 Å². The van der Waals surface area contributed by atoms with Crippen molar-refractivity contribution >= 4 is 17.2 Å². The lowest BCUT2D eigenvalue weighted by Gasteiger charge is -2.33. The van der Waals surface area contributed by atoms with Crippen LogP contribution in [0.2, 0.25) is 0 Å². The largest absolute Gasteiger partial charge is 0.439 e. The Morgan fingerprint density at radius 3 is 2.92 bits per heavy atom.